The SMILES string of the molecule is Cc1cc(CNCC(C)C)cc(C)c1OCc1ccccc1. The Morgan fingerprint density at radius 2 is 1.59 bits per heavy atom. The van der Waals surface area contributed by atoms with E-state index >= 15 is 0 Å². The van der Waals surface area contributed by atoms with Crippen LogP contribution < -0.4 is 10.1 Å². The zero-order valence-electron chi connectivity index (χ0n) is 14.1. The maximum absolute atomic E-state index is 6.03. The molecule has 2 aromatic carbocycles. The monoisotopic (exact) mass is 297 g/mol. The number of ether oxygens (including phenoxy) is 1. The molecule has 0 bridgehead atoms. The van der Waals surface area contributed by atoms with Crippen LogP contribution >= 0.6 is 0 Å². The summed E-state index contributed by atoms with van der Waals surface area (Å²) in [6, 6.07) is 14.7. The van der Waals surface area contributed by atoms with Gasteiger partial charge >= 0.3 is 0 Å². The van der Waals surface area contributed by atoms with Crippen LogP contribution in [0.1, 0.15) is 36.1 Å². The van der Waals surface area contributed by atoms with Crippen LogP contribution in [0.3, 0.4) is 0 Å². The minimum Gasteiger partial charge on any atom is -0.488 e. The normalized spacial score (nSPS) is 11.0. The molecule has 0 atom stereocenters. The Morgan fingerprint density at radius 1 is 0.955 bits per heavy atom. The fourth-order valence-electron chi connectivity index (χ4n) is 2.60. The first-order chi connectivity index (χ1) is 10.6. The third-order valence-electron chi connectivity index (χ3n) is 3.63. The molecule has 0 aliphatic rings. The van der Waals surface area contributed by atoms with Gasteiger partial charge in [-0.15, -0.1) is 0 Å². The van der Waals surface area contributed by atoms with E-state index < -0.39 is 0 Å². The van der Waals surface area contributed by atoms with Gasteiger partial charge in [0.2, 0.25) is 0 Å². The molecule has 0 aromatic heterocycles. The fourth-order valence-corrected chi connectivity index (χ4v) is 2.60. The maximum Gasteiger partial charge on any atom is 0.125 e. The minimum atomic E-state index is 0.619. The number of benzene rings is 2. The van der Waals surface area contributed by atoms with Crippen molar-refractivity contribution in [1.29, 1.82) is 0 Å². The summed E-state index contributed by atoms with van der Waals surface area (Å²) in [5, 5.41) is 3.49. The Balaban J connectivity index is 2.00. The number of rotatable bonds is 7. The van der Waals surface area contributed by atoms with Gasteiger partial charge in [-0.25, -0.2) is 0 Å². The predicted octanol–water partition coefficient (Wildman–Crippen LogP) is 4.63. The molecule has 2 rings (SSSR count). The molecule has 2 heteroatoms. The van der Waals surface area contributed by atoms with Crippen molar-refractivity contribution < 1.29 is 4.74 Å². The van der Waals surface area contributed by atoms with Gasteiger partial charge in [0.1, 0.15) is 12.4 Å². The molecule has 0 heterocycles. The van der Waals surface area contributed by atoms with Gasteiger partial charge in [0.15, 0.2) is 0 Å². The summed E-state index contributed by atoms with van der Waals surface area (Å²) in [7, 11) is 0. The highest BCUT2D eigenvalue weighted by Crippen LogP contribution is 2.25. The molecule has 0 aliphatic heterocycles. The van der Waals surface area contributed by atoms with E-state index in [1.807, 2.05) is 18.2 Å². The summed E-state index contributed by atoms with van der Waals surface area (Å²) in [5.41, 5.74) is 4.93. The summed E-state index contributed by atoms with van der Waals surface area (Å²) in [5.74, 6) is 1.69. The minimum absolute atomic E-state index is 0.619. The van der Waals surface area contributed by atoms with Gasteiger partial charge in [-0.1, -0.05) is 56.3 Å². The summed E-state index contributed by atoms with van der Waals surface area (Å²) in [6.07, 6.45) is 0. The van der Waals surface area contributed by atoms with E-state index in [1.165, 1.54) is 22.3 Å². The van der Waals surface area contributed by atoms with Crippen molar-refractivity contribution >= 4 is 0 Å². The first-order valence-corrected chi connectivity index (χ1v) is 8.04. The molecule has 22 heavy (non-hydrogen) atoms. The number of aryl methyl sites for hydroxylation is 2. The standard InChI is InChI=1S/C20H27NO/c1-15(2)12-21-13-19-10-16(3)20(17(4)11-19)22-14-18-8-6-5-7-9-18/h5-11,15,21H,12-14H2,1-4H3. The molecule has 2 nitrogen and oxygen atoms in total. The van der Waals surface area contributed by atoms with Crippen LogP contribution in [0.2, 0.25) is 0 Å². The van der Waals surface area contributed by atoms with E-state index in [0.29, 0.717) is 12.5 Å². The lowest BCUT2D eigenvalue weighted by molar-refractivity contribution is 0.302. The molecule has 2 aromatic rings. The smallest absolute Gasteiger partial charge is 0.125 e. The van der Waals surface area contributed by atoms with Crippen molar-refractivity contribution in [2.75, 3.05) is 6.54 Å². The molecular weight excluding hydrogens is 270 g/mol. The third-order valence-corrected chi connectivity index (χ3v) is 3.63. The lowest BCUT2D eigenvalue weighted by Gasteiger charge is -2.15. The molecule has 0 aliphatic carbocycles. The fraction of sp³-hybridized carbons (Fsp3) is 0.400. The molecule has 0 radical (unpaired) electrons. The van der Waals surface area contributed by atoms with E-state index in [-0.39, 0.29) is 0 Å². The van der Waals surface area contributed by atoms with Crippen molar-refractivity contribution in [3.05, 3.63) is 64.7 Å². The first-order valence-electron chi connectivity index (χ1n) is 8.04. The molecular formula is C20H27NO. The van der Waals surface area contributed by atoms with Gasteiger partial charge in [-0.3, -0.25) is 0 Å². The van der Waals surface area contributed by atoms with Crippen molar-refractivity contribution in [3.63, 3.8) is 0 Å². The predicted molar refractivity (Wildman–Crippen MR) is 93.2 cm³/mol. The lowest BCUT2D eigenvalue weighted by Crippen LogP contribution is -2.19. The van der Waals surface area contributed by atoms with Gasteiger partial charge < -0.3 is 10.1 Å². The Hall–Kier alpha value is -1.80. The quantitative estimate of drug-likeness (QED) is 0.804. The first kappa shape index (κ1) is 16.6. The second-order valence-corrected chi connectivity index (χ2v) is 6.36. The van der Waals surface area contributed by atoms with Crippen molar-refractivity contribution in [3.8, 4) is 5.75 Å². The molecule has 0 fully saturated rings. The summed E-state index contributed by atoms with van der Waals surface area (Å²) >= 11 is 0. The Labute approximate surface area is 134 Å². The van der Waals surface area contributed by atoms with Crippen LogP contribution in [0, 0.1) is 19.8 Å². The number of hydrogen-bond donors (Lipinski definition) is 1. The van der Waals surface area contributed by atoms with Crippen molar-refractivity contribution in [2.24, 2.45) is 5.92 Å². The number of nitrogens with one attached hydrogen (secondary N) is 1. The lowest BCUT2D eigenvalue weighted by atomic mass is 10.1. The Bertz CT molecular complexity index is 567. The molecule has 0 unspecified atom stereocenters. The van der Waals surface area contributed by atoms with E-state index in [0.717, 1.165) is 18.8 Å². The molecule has 0 spiro atoms. The zero-order valence-corrected chi connectivity index (χ0v) is 14.1. The highest BCUT2D eigenvalue weighted by molar-refractivity contribution is 5.43. The van der Waals surface area contributed by atoms with E-state index in [2.05, 4.69) is 57.3 Å². The average molecular weight is 297 g/mol. The molecule has 118 valence electrons. The van der Waals surface area contributed by atoms with E-state index in [4.69, 9.17) is 4.74 Å². The molecule has 0 saturated carbocycles. The highest BCUT2D eigenvalue weighted by Gasteiger charge is 2.07. The second-order valence-electron chi connectivity index (χ2n) is 6.36. The Kier molecular flexibility index (Phi) is 6.02. The van der Waals surface area contributed by atoms with Crippen LogP contribution in [0.15, 0.2) is 42.5 Å². The highest BCUT2D eigenvalue weighted by atomic mass is 16.5. The summed E-state index contributed by atoms with van der Waals surface area (Å²) in [4.78, 5) is 0. The maximum atomic E-state index is 6.03. The second kappa shape index (κ2) is 8.00. The number of hydrogen-bond acceptors (Lipinski definition) is 2. The van der Waals surface area contributed by atoms with E-state index in [1.54, 1.807) is 0 Å². The third kappa shape index (κ3) is 4.88. The van der Waals surface area contributed by atoms with Crippen LogP contribution in [0.5, 0.6) is 5.75 Å². The molecule has 1 N–H and O–H groups in total. The van der Waals surface area contributed by atoms with E-state index in [9.17, 15) is 0 Å². The summed E-state index contributed by atoms with van der Waals surface area (Å²) in [6.45, 7) is 11.3. The topological polar surface area (TPSA) is 21.3 Å². The molecule has 0 amide bonds. The van der Waals surface area contributed by atoms with Gasteiger partial charge in [-0.05, 0) is 48.6 Å². The van der Waals surface area contributed by atoms with Crippen molar-refractivity contribution in [2.45, 2.75) is 40.8 Å². The van der Waals surface area contributed by atoms with Gasteiger partial charge in [-0.2, -0.15) is 0 Å². The van der Waals surface area contributed by atoms with Crippen LogP contribution in [0.25, 0.3) is 0 Å². The van der Waals surface area contributed by atoms with Crippen LogP contribution in [-0.4, -0.2) is 6.54 Å². The van der Waals surface area contributed by atoms with Crippen molar-refractivity contribution in [1.82, 2.24) is 5.32 Å². The van der Waals surface area contributed by atoms with Gasteiger partial charge in [0.05, 0.1) is 0 Å². The summed E-state index contributed by atoms with van der Waals surface area (Å²) < 4.78 is 6.03. The van der Waals surface area contributed by atoms with Crippen LogP contribution in [-0.2, 0) is 13.2 Å². The van der Waals surface area contributed by atoms with Crippen LogP contribution in [0.4, 0.5) is 0 Å². The zero-order chi connectivity index (χ0) is 15.9. The largest absolute Gasteiger partial charge is 0.488 e. The molecule has 0 saturated heterocycles. The average Bonchev–Trinajstić information content (AvgIpc) is 2.47. The van der Waals surface area contributed by atoms with Gasteiger partial charge in [0, 0.05) is 6.54 Å². The Morgan fingerprint density at radius 3 is 2.18 bits per heavy atom. The van der Waals surface area contributed by atoms with Gasteiger partial charge in [0.25, 0.3) is 0 Å².